The maximum atomic E-state index is 13.3. The zero-order chi connectivity index (χ0) is 19.4. The lowest BCUT2D eigenvalue weighted by atomic mass is 9.85. The van der Waals surface area contributed by atoms with Crippen molar-refractivity contribution < 1.29 is 9.21 Å². The summed E-state index contributed by atoms with van der Waals surface area (Å²) >= 11 is 0. The molecule has 0 bridgehead atoms. The second kappa shape index (κ2) is 6.26. The fourth-order valence-electron chi connectivity index (χ4n) is 4.15. The summed E-state index contributed by atoms with van der Waals surface area (Å²) in [7, 11) is 0. The molecule has 9 heteroatoms. The van der Waals surface area contributed by atoms with Crippen molar-refractivity contribution in [2.24, 2.45) is 0 Å². The lowest BCUT2D eigenvalue weighted by Crippen LogP contribution is -2.41. The third-order valence-electron chi connectivity index (χ3n) is 5.93. The molecule has 0 saturated heterocycles. The van der Waals surface area contributed by atoms with Crippen LogP contribution in [0.3, 0.4) is 0 Å². The number of carbonyl (C=O) groups excluding carboxylic acids is 1. The first-order valence-electron chi connectivity index (χ1n) is 9.89. The van der Waals surface area contributed by atoms with Crippen molar-refractivity contribution in [1.82, 2.24) is 34.7 Å². The zero-order valence-electron chi connectivity index (χ0n) is 15.7. The van der Waals surface area contributed by atoms with Crippen LogP contribution in [0.25, 0.3) is 5.52 Å². The number of rotatable bonds is 3. The van der Waals surface area contributed by atoms with Crippen LogP contribution >= 0.6 is 0 Å². The van der Waals surface area contributed by atoms with Gasteiger partial charge in [0.15, 0.2) is 0 Å². The van der Waals surface area contributed by atoms with E-state index in [1.807, 2.05) is 30.5 Å². The smallest absolute Gasteiger partial charge is 0.312 e. The van der Waals surface area contributed by atoms with Gasteiger partial charge in [0.25, 0.3) is 0 Å². The standard InChI is InChI=1S/C20H19N7O2/c28-20(19-24-23-18(29-19)12-4-3-5-12)26-9-7-14-16(22-11-21-14)17(26)15-10-13-6-1-2-8-27(13)25-15/h1-2,6,8,10-12,17H,3-5,7,9H2,(H,21,22). The van der Waals surface area contributed by atoms with Crippen molar-refractivity contribution in [3.8, 4) is 0 Å². The van der Waals surface area contributed by atoms with Gasteiger partial charge in [0, 0.05) is 30.8 Å². The van der Waals surface area contributed by atoms with Crippen LogP contribution in [0.15, 0.2) is 41.2 Å². The van der Waals surface area contributed by atoms with E-state index >= 15 is 0 Å². The molecular weight excluding hydrogens is 370 g/mol. The van der Waals surface area contributed by atoms with E-state index in [-0.39, 0.29) is 17.7 Å². The molecule has 1 aliphatic heterocycles. The molecule has 29 heavy (non-hydrogen) atoms. The first-order valence-corrected chi connectivity index (χ1v) is 9.89. The minimum atomic E-state index is -0.406. The van der Waals surface area contributed by atoms with Gasteiger partial charge < -0.3 is 14.3 Å². The minimum absolute atomic E-state index is 0.0413. The Morgan fingerprint density at radius 1 is 1.24 bits per heavy atom. The van der Waals surface area contributed by atoms with Crippen molar-refractivity contribution in [2.75, 3.05) is 6.54 Å². The summed E-state index contributed by atoms with van der Waals surface area (Å²) in [5.74, 6) is 0.623. The number of H-pyrrole nitrogens is 1. The molecule has 0 aromatic carbocycles. The van der Waals surface area contributed by atoms with Crippen LogP contribution in [0.5, 0.6) is 0 Å². The summed E-state index contributed by atoms with van der Waals surface area (Å²) in [6.07, 6.45) is 7.50. The van der Waals surface area contributed by atoms with Gasteiger partial charge >= 0.3 is 11.8 Å². The Hall–Kier alpha value is -3.49. The number of aromatic nitrogens is 6. The van der Waals surface area contributed by atoms with Crippen LogP contribution in [-0.4, -0.2) is 47.1 Å². The van der Waals surface area contributed by atoms with Crippen LogP contribution in [0.1, 0.15) is 64.9 Å². The zero-order valence-corrected chi connectivity index (χ0v) is 15.7. The molecule has 2 aliphatic rings. The van der Waals surface area contributed by atoms with Gasteiger partial charge in [0.1, 0.15) is 6.04 Å². The molecule has 1 saturated carbocycles. The topological polar surface area (TPSA) is 105 Å². The predicted octanol–water partition coefficient (Wildman–Crippen LogP) is 2.50. The second-order valence-electron chi connectivity index (χ2n) is 7.63. The average Bonchev–Trinajstić information content (AvgIpc) is 3.43. The molecule has 5 heterocycles. The molecule has 1 N–H and O–H groups in total. The highest BCUT2D eigenvalue weighted by atomic mass is 16.4. The van der Waals surface area contributed by atoms with Crippen LogP contribution in [0.4, 0.5) is 0 Å². The van der Waals surface area contributed by atoms with E-state index in [2.05, 4.69) is 20.2 Å². The van der Waals surface area contributed by atoms with E-state index in [0.29, 0.717) is 18.9 Å². The summed E-state index contributed by atoms with van der Waals surface area (Å²) < 4.78 is 7.55. The fourth-order valence-corrected chi connectivity index (χ4v) is 4.15. The van der Waals surface area contributed by atoms with Crippen molar-refractivity contribution in [1.29, 1.82) is 0 Å². The molecule has 4 aromatic heterocycles. The lowest BCUT2D eigenvalue weighted by Gasteiger charge is -2.32. The molecular formula is C20H19N7O2. The van der Waals surface area contributed by atoms with Crippen molar-refractivity contribution >= 4 is 11.4 Å². The van der Waals surface area contributed by atoms with E-state index in [1.165, 1.54) is 6.42 Å². The number of carbonyl (C=O) groups is 1. The predicted molar refractivity (Wildman–Crippen MR) is 101 cm³/mol. The maximum Gasteiger partial charge on any atom is 0.312 e. The molecule has 0 spiro atoms. The van der Waals surface area contributed by atoms with Gasteiger partial charge in [-0.05, 0) is 31.0 Å². The highest BCUT2D eigenvalue weighted by molar-refractivity contribution is 5.90. The third-order valence-corrected chi connectivity index (χ3v) is 5.93. The maximum absolute atomic E-state index is 13.3. The normalized spacial score (nSPS) is 19.3. The monoisotopic (exact) mass is 389 g/mol. The highest BCUT2D eigenvalue weighted by Gasteiger charge is 2.38. The van der Waals surface area contributed by atoms with Gasteiger partial charge in [0.2, 0.25) is 5.89 Å². The SMILES string of the molecule is O=C(c1nnc(C2CCC2)o1)N1CCc2[nH]cnc2C1c1cc2ccccn2n1. The number of nitrogens with zero attached hydrogens (tertiary/aromatic N) is 6. The van der Waals surface area contributed by atoms with Gasteiger partial charge in [-0.1, -0.05) is 12.5 Å². The Morgan fingerprint density at radius 2 is 2.17 bits per heavy atom. The Balaban J connectivity index is 1.40. The molecule has 4 aromatic rings. The molecule has 1 atom stereocenters. The van der Waals surface area contributed by atoms with Gasteiger partial charge in [-0.25, -0.2) is 9.50 Å². The van der Waals surface area contributed by atoms with Crippen LogP contribution < -0.4 is 0 Å². The average molecular weight is 389 g/mol. The number of imidazole rings is 1. The Kier molecular flexibility index (Phi) is 3.56. The molecule has 9 nitrogen and oxygen atoms in total. The Labute approximate surface area is 165 Å². The van der Waals surface area contributed by atoms with Gasteiger partial charge in [-0.15, -0.1) is 10.2 Å². The Bertz CT molecular complexity index is 1170. The summed E-state index contributed by atoms with van der Waals surface area (Å²) in [6.45, 7) is 0.522. The highest BCUT2D eigenvalue weighted by Crippen LogP contribution is 2.37. The molecule has 1 amide bonds. The number of pyridine rings is 1. The number of hydrogen-bond donors (Lipinski definition) is 1. The molecule has 1 unspecified atom stereocenters. The number of nitrogens with one attached hydrogen (secondary N) is 1. The minimum Gasteiger partial charge on any atom is -0.417 e. The second-order valence-corrected chi connectivity index (χ2v) is 7.63. The summed E-state index contributed by atoms with van der Waals surface area (Å²) in [5, 5.41) is 12.9. The number of fused-ring (bicyclic) bond motifs is 2. The van der Waals surface area contributed by atoms with Gasteiger partial charge in [-0.2, -0.15) is 5.10 Å². The molecule has 1 fully saturated rings. The van der Waals surface area contributed by atoms with Crippen LogP contribution in [0.2, 0.25) is 0 Å². The fraction of sp³-hybridized carbons (Fsp3) is 0.350. The third kappa shape index (κ3) is 2.57. The van der Waals surface area contributed by atoms with Crippen molar-refractivity contribution in [2.45, 2.75) is 37.6 Å². The van der Waals surface area contributed by atoms with Crippen LogP contribution in [0, 0.1) is 0 Å². The molecule has 6 rings (SSSR count). The molecule has 0 radical (unpaired) electrons. The molecule has 1 aliphatic carbocycles. The largest absolute Gasteiger partial charge is 0.417 e. The van der Waals surface area contributed by atoms with E-state index in [9.17, 15) is 4.79 Å². The van der Waals surface area contributed by atoms with E-state index in [0.717, 1.165) is 35.4 Å². The summed E-state index contributed by atoms with van der Waals surface area (Å²) in [6, 6.07) is 7.46. The van der Waals surface area contributed by atoms with Crippen molar-refractivity contribution in [3.63, 3.8) is 0 Å². The van der Waals surface area contributed by atoms with E-state index in [1.54, 1.807) is 15.7 Å². The number of amides is 1. The summed E-state index contributed by atoms with van der Waals surface area (Å²) in [4.78, 5) is 22.8. The van der Waals surface area contributed by atoms with E-state index in [4.69, 9.17) is 9.52 Å². The Morgan fingerprint density at radius 3 is 3.00 bits per heavy atom. The van der Waals surface area contributed by atoms with Crippen molar-refractivity contribution in [3.05, 3.63) is 65.7 Å². The van der Waals surface area contributed by atoms with Gasteiger partial charge in [-0.3, -0.25) is 4.79 Å². The number of hydrogen-bond acceptors (Lipinski definition) is 6. The first-order chi connectivity index (χ1) is 14.3. The lowest BCUT2D eigenvalue weighted by molar-refractivity contribution is 0.0642. The summed E-state index contributed by atoms with van der Waals surface area (Å²) in [5.41, 5.74) is 3.56. The van der Waals surface area contributed by atoms with E-state index < -0.39 is 6.04 Å². The van der Waals surface area contributed by atoms with Gasteiger partial charge in [0.05, 0.1) is 23.2 Å². The van der Waals surface area contributed by atoms with Crippen LogP contribution in [-0.2, 0) is 6.42 Å². The first kappa shape index (κ1) is 16.5. The molecule has 146 valence electrons. The number of aromatic amines is 1. The quantitative estimate of drug-likeness (QED) is 0.577.